The lowest BCUT2D eigenvalue weighted by molar-refractivity contribution is -0.122. The first-order chi connectivity index (χ1) is 10.9. The van der Waals surface area contributed by atoms with Gasteiger partial charge in [0.25, 0.3) is 0 Å². The van der Waals surface area contributed by atoms with Gasteiger partial charge in [-0.15, -0.1) is 11.3 Å². The zero-order valence-electron chi connectivity index (χ0n) is 14.4. The van der Waals surface area contributed by atoms with Crippen LogP contribution in [0.2, 0.25) is 0 Å². The lowest BCUT2D eigenvalue weighted by Gasteiger charge is -2.25. The topological polar surface area (TPSA) is 78.4 Å². The second kappa shape index (κ2) is 7.77. The predicted molar refractivity (Wildman–Crippen MR) is 94.8 cm³/mol. The van der Waals surface area contributed by atoms with Gasteiger partial charge in [0.2, 0.25) is 5.91 Å². The second-order valence-electron chi connectivity index (χ2n) is 6.76. The monoisotopic (exact) mass is 337 g/mol. The van der Waals surface area contributed by atoms with Gasteiger partial charge in [-0.1, -0.05) is 20.8 Å². The van der Waals surface area contributed by atoms with Crippen LogP contribution in [-0.4, -0.2) is 36.0 Å². The zero-order chi connectivity index (χ0) is 16.9. The lowest BCUT2D eigenvalue weighted by Crippen LogP contribution is -2.51. The van der Waals surface area contributed by atoms with Crippen LogP contribution in [0.1, 0.15) is 51.2 Å². The number of guanidine groups is 1. The van der Waals surface area contributed by atoms with Crippen molar-refractivity contribution in [3.05, 3.63) is 16.1 Å². The highest BCUT2D eigenvalue weighted by atomic mass is 32.1. The van der Waals surface area contributed by atoms with E-state index in [0.717, 1.165) is 29.6 Å². The molecule has 3 N–H and O–H groups in total. The fourth-order valence-corrected chi connectivity index (χ4v) is 3.19. The van der Waals surface area contributed by atoms with E-state index >= 15 is 0 Å². The third-order valence-corrected chi connectivity index (χ3v) is 4.48. The number of thiazole rings is 1. The van der Waals surface area contributed by atoms with E-state index in [9.17, 15) is 4.79 Å². The van der Waals surface area contributed by atoms with E-state index in [4.69, 9.17) is 0 Å². The van der Waals surface area contributed by atoms with Crippen molar-refractivity contribution in [2.75, 3.05) is 13.1 Å². The molecule has 1 aliphatic rings. The summed E-state index contributed by atoms with van der Waals surface area (Å²) in [6.07, 6.45) is 1.40. The molecule has 1 unspecified atom stereocenters. The van der Waals surface area contributed by atoms with Gasteiger partial charge in [0.15, 0.2) is 5.96 Å². The van der Waals surface area contributed by atoms with Crippen molar-refractivity contribution in [2.45, 2.75) is 58.5 Å². The molecule has 23 heavy (non-hydrogen) atoms. The summed E-state index contributed by atoms with van der Waals surface area (Å²) in [4.78, 5) is 20.5. The molecule has 0 radical (unpaired) electrons. The minimum atomic E-state index is 0.0709. The summed E-state index contributed by atoms with van der Waals surface area (Å²) < 4.78 is 0. The Balaban J connectivity index is 1.95. The maximum absolute atomic E-state index is 11.2. The van der Waals surface area contributed by atoms with Gasteiger partial charge in [-0.05, 0) is 13.3 Å². The van der Waals surface area contributed by atoms with Crippen LogP contribution in [0.5, 0.6) is 0 Å². The van der Waals surface area contributed by atoms with Gasteiger partial charge in [0.05, 0.1) is 12.2 Å². The second-order valence-corrected chi connectivity index (χ2v) is 7.70. The van der Waals surface area contributed by atoms with Crippen LogP contribution in [0, 0.1) is 0 Å². The molecular weight excluding hydrogens is 310 g/mol. The van der Waals surface area contributed by atoms with E-state index in [0.29, 0.717) is 19.5 Å². The van der Waals surface area contributed by atoms with E-state index in [1.807, 2.05) is 6.92 Å². The van der Waals surface area contributed by atoms with Crippen LogP contribution < -0.4 is 16.0 Å². The lowest BCUT2D eigenvalue weighted by atomic mass is 9.93. The van der Waals surface area contributed by atoms with Crippen molar-refractivity contribution in [1.82, 2.24) is 20.9 Å². The highest BCUT2D eigenvalue weighted by molar-refractivity contribution is 7.09. The molecule has 1 aliphatic heterocycles. The minimum Gasteiger partial charge on any atom is -0.357 e. The Morgan fingerprint density at radius 3 is 2.87 bits per heavy atom. The fraction of sp³-hybridized carbons (Fsp3) is 0.688. The number of aliphatic imine (C=N–C) groups is 1. The Morgan fingerprint density at radius 2 is 2.30 bits per heavy atom. The number of hydrogen-bond donors (Lipinski definition) is 3. The Morgan fingerprint density at radius 1 is 1.52 bits per heavy atom. The molecule has 1 amide bonds. The van der Waals surface area contributed by atoms with Crippen molar-refractivity contribution in [1.29, 1.82) is 0 Å². The molecule has 7 heteroatoms. The minimum absolute atomic E-state index is 0.0709. The van der Waals surface area contributed by atoms with Crippen LogP contribution in [0.3, 0.4) is 0 Å². The SMILES string of the molecule is CCNC(=NCc1nc(C(C)(C)C)cs1)NC1CCC(=O)NC1. The number of carbonyl (C=O) groups excluding carboxylic acids is 1. The van der Waals surface area contributed by atoms with Crippen molar-refractivity contribution in [3.8, 4) is 0 Å². The van der Waals surface area contributed by atoms with E-state index in [2.05, 4.69) is 52.1 Å². The fourth-order valence-electron chi connectivity index (χ4n) is 2.24. The summed E-state index contributed by atoms with van der Waals surface area (Å²) in [6.45, 7) is 10.6. The quantitative estimate of drug-likeness (QED) is 0.578. The molecule has 1 fully saturated rings. The molecular formula is C16H27N5OS. The van der Waals surface area contributed by atoms with Gasteiger partial charge in [-0.3, -0.25) is 4.79 Å². The Kier molecular flexibility index (Phi) is 5.98. The third-order valence-electron chi connectivity index (χ3n) is 3.64. The van der Waals surface area contributed by atoms with Crippen molar-refractivity contribution < 1.29 is 4.79 Å². The summed E-state index contributed by atoms with van der Waals surface area (Å²) in [5.41, 5.74) is 1.18. The molecule has 0 aliphatic carbocycles. The van der Waals surface area contributed by atoms with E-state index < -0.39 is 0 Å². The van der Waals surface area contributed by atoms with Crippen LogP contribution in [-0.2, 0) is 16.8 Å². The Labute approximate surface area is 142 Å². The molecule has 128 valence electrons. The van der Waals surface area contributed by atoms with Gasteiger partial charge < -0.3 is 16.0 Å². The van der Waals surface area contributed by atoms with Crippen molar-refractivity contribution in [2.24, 2.45) is 4.99 Å². The largest absolute Gasteiger partial charge is 0.357 e. The first-order valence-electron chi connectivity index (χ1n) is 8.15. The number of rotatable bonds is 4. The number of nitrogens with zero attached hydrogens (tertiary/aromatic N) is 2. The summed E-state index contributed by atoms with van der Waals surface area (Å²) in [5.74, 6) is 0.906. The van der Waals surface area contributed by atoms with E-state index in [-0.39, 0.29) is 17.4 Å². The van der Waals surface area contributed by atoms with Gasteiger partial charge >= 0.3 is 0 Å². The molecule has 0 aromatic carbocycles. The van der Waals surface area contributed by atoms with E-state index in [1.165, 1.54) is 0 Å². The average Bonchev–Trinajstić information content (AvgIpc) is 2.96. The highest BCUT2D eigenvalue weighted by Crippen LogP contribution is 2.24. The number of hydrogen-bond acceptors (Lipinski definition) is 4. The molecule has 1 aromatic rings. The van der Waals surface area contributed by atoms with Crippen LogP contribution in [0.15, 0.2) is 10.4 Å². The molecule has 0 bridgehead atoms. The normalized spacial score (nSPS) is 19.4. The molecule has 0 saturated carbocycles. The Hall–Kier alpha value is -1.63. The van der Waals surface area contributed by atoms with E-state index in [1.54, 1.807) is 11.3 Å². The number of aromatic nitrogens is 1. The molecule has 0 spiro atoms. The molecule has 2 heterocycles. The Bertz CT molecular complexity index is 551. The number of amides is 1. The summed E-state index contributed by atoms with van der Waals surface area (Å²) >= 11 is 1.65. The molecule has 6 nitrogen and oxygen atoms in total. The zero-order valence-corrected chi connectivity index (χ0v) is 15.2. The summed E-state index contributed by atoms with van der Waals surface area (Å²) in [5, 5.41) is 12.6. The van der Waals surface area contributed by atoms with Gasteiger partial charge in [-0.25, -0.2) is 9.98 Å². The molecule has 1 atom stereocenters. The summed E-state index contributed by atoms with van der Waals surface area (Å²) in [6, 6.07) is 0.229. The van der Waals surface area contributed by atoms with Gasteiger partial charge in [-0.2, -0.15) is 0 Å². The highest BCUT2D eigenvalue weighted by Gasteiger charge is 2.19. The number of nitrogens with one attached hydrogen (secondary N) is 3. The van der Waals surface area contributed by atoms with Crippen molar-refractivity contribution in [3.63, 3.8) is 0 Å². The predicted octanol–water partition coefficient (Wildman–Crippen LogP) is 1.77. The standard InChI is InChI=1S/C16H27N5OS/c1-5-17-15(20-11-6-7-13(22)18-8-11)19-9-14-21-12(10-23-14)16(2,3)4/h10-11H,5-9H2,1-4H3,(H,18,22)(H2,17,19,20). The summed E-state index contributed by atoms with van der Waals surface area (Å²) in [7, 11) is 0. The van der Waals surface area contributed by atoms with Crippen LogP contribution in [0.4, 0.5) is 0 Å². The maximum Gasteiger partial charge on any atom is 0.220 e. The smallest absolute Gasteiger partial charge is 0.220 e. The van der Waals surface area contributed by atoms with Gasteiger partial charge in [0, 0.05) is 36.3 Å². The third kappa shape index (κ3) is 5.49. The average molecular weight is 337 g/mol. The molecule has 2 rings (SSSR count). The van der Waals surface area contributed by atoms with Gasteiger partial charge in [0.1, 0.15) is 5.01 Å². The number of carbonyl (C=O) groups is 1. The first-order valence-corrected chi connectivity index (χ1v) is 9.03. The maximum atomic E-state index is 11.2. The van der Waals surface area contributed by atoms with Crippen LogP contribution >= 0.6 is 11.3 Å². The molecule has 1 aromatic heterocycles. The van der Waals surface area contributed by atoms with Crippen molar-refractivity contribution >= 4 is 23.2 Å². The number of piperidine rings is 1. The molecule has 1 saturated heterocycles. The van der Waals surface area contributed by atoms with Crippen LogP contribution in [0.25, 0.3) is 0 Å². The first kappa shape index (κ1) is 17.7.